The van der Waals surface area contributed by atoms with Crippen molar-refractivity contribution in [2.45, 2.75) is 33.7 Å². The van der Waals surface area contributed by atoms with E-state index < -0.39 is 0 Å². The van der Waals surface area contributed by atoms with Gasteiger partial charge in [-0.1, -0.05) is 19.1 Å². The van der Waals surface area contributed by atoms with Gasteiger partial charge >= 0.3 is 0 Å². The summed E-state index contributed by atoms with van der Waals surface area (Å²) in [5.41, 5.74) is 3.69. The summed E-state index contributed by atoms with van der Waals surface area (Å²) in [7, 11) is 0. The summed E-state index contributed by atoms with van der Waals surface area (Å²) in [5, 5.41) is 4.58. The Bertz CT molecular complexity index is 485. The lowest BCUT2D eigenvalue weighted by Crippen LogP contribution is -1.98. The number of thiazole rings is 1. The molecule has 0 saturated carbocycles. The van der Waals surface area contributed by atoms with Gasteiger partial charge in [0.2, 0.25) is 0 Å². The summed E-state index contributed by atoms with van der Waals surface area (Å²) >= 11 is 1.77. The van der Waals surface area contributed by atoms with Gasteiger partial charge in [0.25, 0.3) is 0 Å². The van der Waals surface area contributed by atoms with Crippen LogP contribution in [0.4, 0.5) is 5.69 Å². The quantitative estimate of drug-likeness (QED) is 0.884. The molecular formula is C14H18N2S. The molecule has 0 fully saturated rings. The van der Waals surface area contributed by atoms with Crippen molar-refractivity contribution in [2.75, 3.05) is 5.32 Å². The highest BCUT2D eigenvalue weighted by molar-refractivity contribution is 7.11. The minimum atomic E-state index is 0.864. The molecule has 17 heavy (non-hydrogen) atoms. The fraction of sp³-hybridized carbons (Fsp3) is 0.357. The Morgan fingerprint density at radius 3 is 2.41 bits per heavy atom. The second kappa shape index (κ2) is 5.32. The van der Waals surface area contributed by atoms with Crippen molar-refractivity contribution in [2.24, 2.45) is 0 Å². The van der Waals surface area contributed by atoms with Crippen molar-refractivity contribution in [1.29, 1.82) is 0 Å². The molecule has 1 aromatic heterocycles. The zero-order valence-corrected chi connectivity index (χ0v) is 11.4. The lowest BCUT2D eigenvalue weighted by molar-refractivity contribution is 1.10. The van der Waals surface area contributed by atoms with Crippen molar-refractivity contribution in [3.63, 3.8) is 0 Å². The van der Waals surface area contributed by atoms with Gasteiger partial charge in [-0.3, -0.25) is 0 Å². The van der Waals surface area contributed by atoms with Gasteiger partial charge in [0.15, 0.2) is 0 Å². The van der Waals surface area contributed by atoms with E-state index >= 15 is 0 Å². The third kappa shape index (κ3) is 3.07. The van der Waals surface area contributed by atoms with Crippen molar-refractivity contribution in [3.05, 3.63) is 45.4 Å². The van der Waals surface area contributed by atoms with Gasteiger partial charge in [-0.05, 0) is 38.0 Å². The minimum Gasteiger partial charge on any atom is -0.380 e. The Balaban J connectivity index is 1.99. The van der Waals surface area contributed by atoms with Gasteiger partial charge in [-0.2, -0.15) is 0 Å². The third-order valence-corrected chi connectivity index (χ3v) is 3.89. The summed E-state index contributed by atoms with van der Waals surface area (Å²) in [5.74, 6) is 0. The highest BCUT2D eigenvalue weighted by Gasteiger charge is 2.03. The minimum absolute atomic E-state index is 0.864. The van der Waals surface area contributed by atoms with Crippen molar-refractivity contribution in [3.8, 4) is 0 Å². The number of aromatic nitrogens is 1. The fourth-order valence-corrected chi connectivity index (χ4v) is 2.65. The second-order valence-electron chi connectivity index (χ2n) is 4.15. The Kier molecular flexibility index (Phi) is 3.79. The summed E-state index contributed by atoms with van der Waals surface area (Å²) in [4.78, 5) is 5.75. The van der Waals surface area contributed by atoms with E-state index in [1.54, 1.807) is 11.3 Å². The molecule has 2 aromatic rings. The van der Waals surface area contributed by atoms with E-state index in [0.29, 0.717) is 0 Å². The smallest absolute Gasteiger partial charge is 0.0900 e. The molecule has 0 unspecified atom stereocenters. The van der Waals surface area contributed by atoms with Gasteiger partial charge in [0.05, 0.1) is 17.2 Å². The Morgan fingerprint density at radius 2 is 1.88 bits per heavy atom. The summed E-state index contributed by atoms with van der Waals surface area (Å²) in [6.45, 7) is 7.16. The molecule has 0 amide bonds. The van der Waals surface area contributed by atoms with Gasteiger partial charge in [-0.25, -0.2) is 4.98 Å². The van der Waals surface area contributed by atoms with Crippen LogP contribution < -0.4 is 5.32 Å². The van der Waals surface area contributed by atoms with Crippen LogP contribution in [0.2, 0.25) is 0 Å². The van der Waals surface area contributed by atoms with E-state index in [0.717, 1.165) is 23.7 Å². The van der Waals surface area contributed by atoms with Crippen LogP contribution in [-0.2, 0) is 13.0 Å². The number of benzene rings is 1. The average molecular weight is 246 g/mol. The Morgan fingerprint density at radius 1 is 1.18 bits per heavy atom. The Hall–Kier alpha value is -1.35. The van der Waals surface area contributed by atoms with Gasteiger partial charge in [0, 0.05) is 10.6 Å². The van der Waals surface area contributed by atoms with Crippen molar-refractivity contribution < 1.29 is 0 Å². The molecule has 0 aliphatic rings. The molecule has 0 saturated heterocycles. The fourth-order valence-electron chi connectivity index (χ4n) is 1.78. The molecule has 1 N–H and O–H groups in total. The average Bonchev–Trinajstić information content (AvgIpc) is 2.66. The largest absolute Gasteiger partial charge is 0.380 e. The first-order chi connectivity index (χ1) is 8.19. The summed E-state index contributed by atoms with van der Waals surface area (Å²) in [6, 6.07) is 8.63. The Labute approximate surface area is 107 Å². The van der Waals surface area contributed by atoms with E-state index in [1.165, 1.54) is 16.1 Å². The molecule has 1 aromatic carbocycles. The number of aryl methyl sites for hydroxylation is 3. The molecular weight excluding hydrogens is 228 g/mol. The molecule has 0 bridgehead atoms. The first kappa shape index (κ1) is 12.1. The van der Waals surface area contributed by atoms with Crippen LogP contribution >= 0.6 is 11.3 Å². The van der Waals surface area contributed by atoms with E-state index in [4.69, 9.17) is 0 Å². The zero-order valence-electron chi connectivity index (χ0n) is 10.6. The van der Waals surface area contributed by atoms with Crippen LogP contribution in [0.3, 0.4) is 0 Å². The maximum absolute atomic E-state index is 4.43. The number of nitrogens with zero attached hydrogens (tertiary/aromatic N) is 1. The molecule has 0 spiro atoms. The molecule has 90 valence electrons. The summed E-state index contributed by atoms with van der Waals surface area (Å²) in [6.07, 6.45) is 1.09. The lowest BCUT2D eigenvalue weighted by Gasteiger charge is -2.06. The molecule has 3 heteroatoms. The number of hydrogen-bond acceptors (Lipinski definition) is 3. The van der Waals surface area contributed by atoms with Crippen LogP contribution in [0.5, 0.6) is 0 Å². The SMILES string of the molecule is CCc1ccc(NCc2sc(C)nc2C)cc1. The molecule has 0 atom stereocenters. The number of rotatable bonds is 4. The van der Waals surface area contributed by atoms with Gasteiger partial charge in [-0.15, -0.1) is 11.3 Å². The van der Waals surface area contributed by atoms with Crippen LogP contribution in [-0.4, -0.2) is 4.98 Å². The van der Waals surface area contributed by atoms with Crippen LogP contribution in [0.15, 0.2) is 24.3 Å². The van der Waals surface area contributed by atoms with Crippen LogP contribution in [0.25, 0.3) is 0 Å². The third-order valence-electron chi connectivity index (χ3n) is 2.81. The molecule has 2 nitrogen and oxygen atoms in total. The number of hydrogen-bond donors (Lipinski definition) is 1. The predicted octanol–water partition coefficient (Wildman–Crippen LogP) is 3.93. The molecule has 0 aliphatic heterocycles. The standard InChI is InChI=1S/C14H18N2S/c1-4-12-5-7-13(8-6-12)15-9-14-10(2)16-11(3)17-14/h5-8,15H,4,9H2,1-3H3. The highest BCUT2D eigenvalue weighted by atomic mass is 32.1. The maximum atomic E-state index is 4.43. The van der Waals surface area contributed by atoms with E-state index in [-0.39, 0.29) is 0 Å². The second-order valence-corrected chi connectivity index (χ2v) is 5.43. The van der Waals surface area contributed by atoms with E-state index in [9.17, 15) is 0 Å². The molecule has 0 aliphatic carbocycles. The number of nitrogens with one attached hydrogen (secondary N) is 1. The monoisotopic (exact) mass is 246 g/mol. The van der Waals surface area contributed by atoms with Crippen LogP contribution in [0, 0.1) is 13.8 Å². The molecule has 0 radical (unpaired) electrons. The zero-order chi connectivity index (χ0) is 12.3. The topological polar surface area (TPSA) is 24.9 Å². The number of anilines is 1. The van der Waals surface area contributed by atoms with Crippen molar-refractivity contribution in [1.82, 2.24) is 4.98 Å². The first-order valence-electron chi connectivity index (χ1n) is 5.94. The van der Waals surface area contributed by atoms with E-state index in [2.05, 4.69) is 55.3 Å². The molecule has 1 heterocycles. The van der Waals surface area contributed by atoms with Gasteiger partial charge in [0.1, 0.15) is 0 Å². The van der Waals surface area contributed by atoms with Crippen molar-refractivity contribution >= 4 is 17.0 Å². The lowest BCUT2D eigenvalue weighted by atomic mass is 10.1. The predicted molar refractivity (Wildman–Crippen MR) is 74.7 cm³/mol. The van der Waals surface area contributed by atoms with Gasteiger partial charge < -0.3 is 5.32 Å². The van der Waals surface area contributed by atoms with E-state index in [1.807, 2.05) is 0 Å². The maximum Gasteiger partial charge on any atom is 0.0900 e. The van der Waals surface area contributed by atoms with Crippen LogP contribution in [0.1, 0.15) is 28.1 Å². The highest BCUT2D eigenvalue weighted by Crippen LogP contribution is 2.19. The first-order valence-corrected chi connectivity index (χ1v) is 6.76. The normalized spacial score (nSPS) is 10.5. The summed E-state index contributed by atoms with van der Waals surface area (Å²) < 4.78 is 0. The molecule has 2 rings (SSSR count).